The molecule has 0 aliphatic heterocycles. The maximum atomic E-state index is 5.90. The highest BCUT2D eigenvalue weighted by Crippen LogP contribution is 2.26. The van der Waals surface area contributed by atoms with Gasteiger partial charge in [-0.2, -0.15) is 0 Å². The van der Waals surface area contributed by atoms with Crippen LogP contribution in [0.15, 0.2) is 30.3 Å². The number of benzene rings is 1. The minimum Gasteiger partial charge on any atom is -0.383 e. The van der Waals surface area contributed by atoms with Crippen molar-refractivity contribution in [3.63, 3.8) is 0 Å². The van der Waals surface area contributed by atoms with Crippen molar-refractivity contribution < 1.29 is 0 Å². The van der Waals surface area contributed by atoms with E-state index in [-0.39, 0.29) is 0 Å². The van der Waals surface area contributed by atoms with Gasteiger partial charge in [0, 0.05) is 5.56 Å². The number of hydrogen-bond donors (Lipinski definition) is 1. The Kier molecular flexibility index (Phi) is 2.37. The highest BCUT2D eigenvalue weighted by Gasteiger charge is 2.08. The van der Waals surface area contributed by atoms with Crippen molar-refractivity contribution in [1.82, 2.24) is 9.97 Å². The van der Waals surface area contributed by atoms with Crippen LogP contribution in [0.3, 0.4) is 0 Å². The molecule has 3 nitrogen and oxygen atoms in total. The number of rotatable bonds is 1. The number of hydrogen-bond acceptors (Lipinski definition) is 3. The summed E-state index contributed by atoms with van der Waals surface area (Å²) in [5, 5.41) is 0. The van der Waals surface area contributed by atoms with Crippen LogP contribution in [-0.2, 0) is 0 Å². The van der Waals surface area contributed by atoms with Crippen LogP contribution in [-0.4, -0.2) is 9.97 Å². The molecule has 0 spiro atoms. The van der Waals surface area contributed by atoms with Gasteiger partial charge >= 0.3 is 0 Å². The third-order valence-corrected chi connectivity index (χ3v) is 2.29. The molecule has 0 radical (unpaired) electrons. The van der Waals surface area contributed by atoms with Crippen LogP contribution in [0.25, 0.3) is 11.1 Å². The Morgan fingerprint density at radius 1 is 1.00 bits per heavy atom. The molecule has 2 aromatic rings. The van der Waals surface area contributed by atoms with Crippen LogP contribution in [0, 0.1) is 13.8 Å². The van der Waals surface area contributed by atoms with Crippen molar-refractivity contribution in [1.29, 1.82) is 0 Å². The Hall–Kier alpha value is -1.90. The van der Waals surface area contributed by atoms with E-state index in [2.05, 4.69) is 9.97 Å². The summed E-state index contributed by atoms with van der Waals surface area (Å²) in [5.74, 6) is 1.26. The summed E-state index contributed by atoms with van der Waals surface area (Å²) >= 11 is 0. The largest absolute Gasteiger partial charge is 0.383 e. The fourth-order valence-electron chi connectivity index (χ4n) is 1.70. The van der Waals surface area contributed by atoms with E-state index in [9.17, 15) is 0 Å². The molecule has 0 fully saturated rings. The van der Waals surface area contributed by atoms with E-state index in [0.717, 1.165) is 16.8 Å². The van der Waals surface area contributed by atoms with Crippen molar-refractivity contribution in [2.45, 2.75) is 13.8 Å². The Bertz CT molecular complexity index is 454. The molecule has 1 aromatic heterocycles. The molecule has 3 heteroatoms. The van der Waals surface area contributed by atoms with Crippen LogP contribution >= 0.6 is 0 Å². The lowest BCUT2D eigenvalue weighted by molar-refractivity contribution is 1.02. The Balaban J connectivity index is 2.64. The van der Waals surface area contributed by atoms with Gasteiger partial charge in [0.2, 0.25) is 0 Å². The fraction of sp³-hybridized carbons (Fsp3) is 0.167. The van der Waals surface area contributed by atoms with E-state index in [0.29, 0.717) is 11.6 Å². The maximum Gasteiger partial charge on any atom is 0.135 e. The quantitative estimate of drug-likeness (QED) is 0.767. The molecular formula is C12H13N3. The second-order valence-corrected chi connectivity index (χ2v) is 3.48. The van der Waals surface area contributed by atoms with Gasteiger partial charge in [-0.1, -0.05) is 30.3 Å². The number of nitrogens with zero attached hydrogens (tertiary/aromatic N) is 2. The molecule has 0 aliphatic carbocycles. The molecule has 0 saturated heterocycles. The number of nitrogens with two attached hydrogens (primary N) is 1. The van der Waals surface area contributed by atoms with Crippen LogP contribution in [0.1, 0.15) is 11.5 Å². The molecular weight excluding hydrogens is 186 g/mol. The number of aromatic nitrogens is 2. The fourth-order valence-corrected chi connectivity index (χ4v) is 1.70. The summed E-state index contributed by atoms with van der Waals surface area (Å²) in [6.07, 6.45) is 0. The first-order valence-corrected chi connectivity index (χ1v) is 4.84. The Morgan fingerprint density at radius 2 is 1.67 bits per heavy atom. The van der Waals surface area contributed by atoms with Crippen molar-refractivity contribution in [2.24, 2.45) is 0 Å². The molecule has 0 amide bonds. The summed E-state index contributed by atoms with van der Waals surface area (Å²) in [7, 11) is 0. The van der Waals surface area contributed by atoms with Crippen molar-refractivity contribution in [2.75, 3.05) is 5.73 Å². The number of aryl methyl sites for hydroxylation is 2. The summed E-state index contributed by atoms with van der Waals surface area (Å²) in [5.41, 5.74) is 8.82. The van der Waals surface area contributed by atoms with Gasteiger partial charge in [0.15, 0.2) is 0 Å². The first-order chi connectivity index (χ1) is 7.18. The molecule has 1 heterocycles. The predicted molar refractivity (Wildman–Crippen MR) is 61.4 cm³/mol. The average Bonchev–Trinajstić information content (AvgIpc) is 2.17. The highest BCUT2D eigenvalue weighted by molar-refractivity contribution is 5.75. The van der Waals surface area contributed by atoms with Crippen LogP contribution in [0.4, 0.5) is 5.82 Å². The van der Waals surface area contributed by atoms with Gasteiger partial charge in [-0.05, 0) is 19.4 Å². The van der Waals surface area contributed by atoms with Gasteiger partial charge in [-0.15, -0.1) is 0 Å². The molecule has 0 bridgehead atoms. The van der Waals surface area contributed by atoms with E-state index < -0.39 is 0 Å². The lowest BCUT2D eigenvalue weighted by atomic mass is 10.1. The van der Waals surface area contributed by atoms with Gasteiger partial charge in [0.1, 0.15) is 11.6 Å². The van der Waals surface area contributed by atoms with Gasteiger partial charge < -0.3 is 5.73 Å². The molecule has 0 aliphatic rings. The van der Waals surface area contributed by atoms with Crippen LogP contribution < -0.4 is 5.73 Å². The van der Waals surface area contributed by atoms with Crippen molar-refractivity contribution in [3.8, 4) is 11.1 Å². The van der Waals surface area contributed by atoms with Gasteiger partial charge in [0.25, 0.3) is 0 Å². The molecule has 15 heavy (non-hydrogen) atoms. The maximum absolute atomic E-state index is 5.90. The Morgan fingerprint density at radius 3 is 2.27 bits per heavy atom. The number of nitrogen functional groups attached to an aromatic ring is 1. The second-order valence-electron chi connectivity index (χ2n) is 3.48. The monoisotopic (exact) mass is 199 g/mol. The average molecular weight is 199 g/mol. The SMILES string of the molecule is Cc1nc(C)c(-c2ccccc2)c(N)n1. The lowest BCUT2D eigenvalue weighted by Gasteiger charge is -2.08. The topological polar surface area (TPSA) is 51.8 Å². The molecule has 2 N–H and O–H groups in total. The molecule has 0 atom stereocenters. The zero-order valence-electron chi connectivity index (χ0n) is 8.86. The van der Waals surface area contributed by atoms with Crippen molar-refractivity contribution >= 4 is 5.82 Å². The smallest absolute Gasteiger partial charge is 0.135 e. The summed E-state index contributed by atoms with van der Waals surface area (Å²) in [6.45, 7) is 3.80. The van der Waals surface area contributed by atoms with E-state index >= 15 is 0 Å². The van der Waals surface area contributed by atoms with Gasteiger partial charge in [-0.3, -0.25) is 0 Å². The predicted octanol–water partition coefficient (Wildman–Crippen LogP) is 2.34. The first kappa shape index (κ1) is 9.65. The van der Waals surface area contributed by atoms with E-state index in [4.69, 9.17) is 5.73 Å². The lowest BCUT2D eigenvalue weighted by Crippen LogP contribution is -2.01. The minimum atomic E-state index is 0.547. The van der Waals surface area contributed by atoms with Gasteiger partial charge in [0.05, 0.1) is 5.69 Å². The van der Waals surface area contributed by atoms with Crippen LogP contribution in [0.2, 0.25) is 0 Å². The summed E-state index contributed by atoms with van der Waals surface area (Å²) in [4.78, 5) is 8.50. The summed E-state index contributed by atoms with van der Waals surface area (Å²) < 4.78 is 0. The zero-order valence-corrected chi connectivity index (χ0v) is 8.86. The first-order valence-electron chi connectivity index (χ1n) is 4.84. The minimum absolute atomic E-state index is 0.547. The van der Waals surface area contributed by atoms with Gasteiger partial charge in [-0.25, -0.2) is 9.97 Å². The van der Waals surface area contributed by atoms with Crippen molar-refractivity contribution in [3.05, 3.63) is 41.9 Å². The molecule has 76 valence electrons. The second kappa shape index (κ2) is 3.69. The molecule has 1 aromatic carbocycles. The van der Waals surface area contributed by atoms with E-state index in [1.165, 1.54) is 0 Å². The molecule has 2 rings (SSSR count). The molecule has 0 saturated carbocycles. The van der Waals surface area contributed by atoms with E-state index in [1.807, 2.05) is 44.2 Å². The van der Waals surface area contributed by atoms with Crippen LogP contribution in [0.5, 0.6) is 0 Å². The third-order valence-electron chi connectivity index (χ3n) is 2.29. The normalized spacial score (nSPS) is 10.3. The Labute approximate surface area is 89.0 Å². The molecule has 0 unspecified atom stereocenters. The third kappa shape index (κ3) is 1.81. The number of anilines is 1. The standard InChI is InChI=1S/C12H13N3/c1-8-11(10-6-4-3-5-7-10)12(13)15-9(2)14-8/h3-7H,1-2H3,(H2,13,14,15). The summed E-state index contributed by atoms with van der Waals surface area (Å²) in [6, 6.07) is 9.96. The zero-order chi connectivity index (χ0) is 10.8. The highest BCUT2D eigenvalue weighted by atomic mass is 14.9. The van der Waals surface area contributed by atoms with E-state index in [1.54, 1.807) is 0 Å².